The maximum Gasteiger partial charge on any atom is 0.293 e. The van der Waals surface area contributed by atoms with Gasteiger partial charge in [0.25, 0.3) is 17.1 Å². The molecule has 0 unspecified atom stereocenters. The van der Waals surface area contributed by atoms with E-state index in [1.807, 2.05) is 13.0 Å². The van der Waals surface area contributed by atoms with Gasteiger partial charge in [0.1, 0.15) is 0 Å². The van der Waals surface area contributed by atoms with E-state index in [1.54, 1.807) is 55.7 Å². The standard InChI is InChI=1S/C22H22N2O5S/c1-3-29-17-10-9-15(13-18(17)28-2)14-19-21(26)24(22(27)30-19)12-11-23-20(25)16-7-5-4-6-8-16/h4-10,13-14H,3,11-12H2,1-2H3,(H,23,25). The largest absolute Gasteiger partial charge is 0.493 e. The summed E-state index contributed by atoms with van der Waals surface area (Å²) in [6, 6.07) is 14.1. The fraction of sp³-hybridized carbons (Fsp3) is 0.227. The molecule has 2 aromatic carbocycles. The third kappa shape index (κ3) is 5.01. The van der Waals surface area contributed by atoms with Crippen LogP contribution in [0.15, 0.2) is 53.4 Å². The Bertz CT molecular complexity index is 975. The Balaban J connectivity index is 1.63. The molecule has 8 heteroatoms. The minimum absolute atomic E-state index is 0.104. The first kappa shape index (κ1) is 21.4. The number of nitrogens with one attached hydrogen (secondary N) is 1. The molecule has 1 N–H and O–H groups in total. The van der Waals surface area contributed by atoms with Crippen LogP contribution < -0.4 is 14.8 Å². The van der Waals surface area contributed by atoms with Crippen molar-refractivity contribution >= 4 is 34.9 Å². The van der Waals surface area contributed by atoms with Gasteiger partial charge in [-0.1, -0.05) is 24.3 Å². The molecule has 1 fully saturated rings. The number of ether oxygens (including phenoxy) is 2. The lowest BCUT2D eigenvalue weighted by molar-refractivity contribution is -0.122. The number of hydrogen-bond donors (Lipinski definition) is 1. The summed E-state index contributed by atoms with van der Waals surface area (Å²) in [6.07, 6.45) is 1.64. The molecule has 0 radical (unpaired) electrons. The molecule has 3 amide bonds. The summed E-state index contributed by atoms with van der Waals surface area (Å²) in [7, 11) is 1.54. The van der Waals surface area contributed by atoms with Gasteiger partial charge in [0, 0.05) is 18.7 Å². The average Bonchev–Trinajstić information content (AvgIpc) is 3.02. The molecule has 0 bridgehead atoms. The van der Waals surface area contributed by atoms with Gasteiger partial charge in [0.2, 0.25) is 0 Å². The Morgan fingerprint density at radius 1 is 1.13 bits per heavy atom. The third-order valence-corrected chi connectivity index (χ3v) is 5.22. The summed E-state index contributed by atoms with van der Waals surface area (Å²) < 4.78 is 10.8. The highest BCUT2D eigenvalue weighted by atomic mass is 32.2. The predicted octanol–water partition coefficient (Wildman–Crippen LogP) is 3.56. The molecule has 1 aliphatic heterocycles. The summed E-state index contributed by atoms with van der Waals surface area (Å²) in [6.45, 7) is 2.67. The van der Waals surface area contributed by atoms with E-state index in [9.17, 15) is 14.4 Å². The van der Waals surface area contributed by atoms with Crippen LogP contribution in [0.1, 0.15) is 22.8 Å². The molecule has 2 aromatic rings. The normalized spacial score (nSPS) is 14.9. The first-order valence-corrected chi connectivity index (χ1v) is 10.2. The summed E-state index contributed by atoms with van der Waals surface area (Å²) in [4.78, 5) is 38.4. The van der Waals surface area contributed by atoms with Gasteiger partial charge < -0.3 is 14.8 Å². The summed E-state index contributed by atoms with van der Waals surface area (Å²) in [5.74, 6) is 0.527. The Kier molecular flexibility index (Phi) is 7.13. The lowest BCUT2D eigenvalue weighted by Gasteiger charge is -2.13. The molecular formula is C22H22N2O5S. The number of hydrogen-bond acceptors (Lipinski definition) is 6. The molecule has 0 spiro atoms. The van der Waals surface area contributed by atoms with Crippen LogP contribution in [0.3, 0.4) is 0 Å². The van der Waals surface area contributed by atoms with Crippen molar-refractivity contribution in [2.75, 3.05) is 26.8 Å². The minimum atomic E-state index is -0.383. The number of imide groups is 1. The second-order valence-corrected chi connectivity index (χ2v) is 7.29. The first-order chi connectivity index (χ1) is 14.5. The number of amides is 3. The highest BCUT2D eigenvalue weighted by Gasteiger charge is 2.34. The van der Waals surface area contributed by atoms with Crippen molar-refractivity contribution in [1.29, 1.82) is 0 Å². The van der Waals surface area contributed by atoms with Crippen LogP contribution in [0.5, 0.6) is 11.5 Å². The van der Waals surface area contributed by atoms with E-state index in [-0.39, 0.29) is 30.1 Å². The zero-order valence-electron chi connectivity index (χ0n) is 16.7. The van der Waals surface area contributed by atoms with Gasteiger partial charge in [0.15, 0.2) is 11.5 Å². The van der Waals surface area contributed by atoms with Gasteiger partial charge in [0.05, 0.1) is 18.6 Å². The topological polar surface area (TPSA) is 84.9 Å². The maximum absolute atomic E-state index is 12.6. The first-order valence-electron chi connectivity index (χ1n) is 9.43. The lowest BCUT2D eigenvalue weighted by atomic mass is 10.2. The monoisotopic (exact) mass is 426 g/mol. The van der Waals surface area contributed by atoms with Crippen molar-refractivity contribution in [2.45, 2.75) is 6.92 Å². The van der Waals surface area contributed by atoms with Crippen molar-refractivity contribution in [3.8, 4) is 11.5 Å². The van der Waals surface area contributed by atoms with Crippen LogP contribution in [-0.4, -0.2) is 48.8 Å². The highest BCUT2D eigenvalue weighted by Crippen LogP contribution is 2.34. The van der Waals surface area contributed by atoms with E-state index in [0.717, 1.165) is 22.2 Å². The molecule has 0 saturated carbocycles. The molecule has 0 aliphatic carbocycles. The van der Waals surface area contributed by atoms with Crippen LogP contribution in [-0.2, 0) is 4.79 Å². The van der Waals surface area contributed by atoms with Crippen LogP contribution in [0.4, 0.5) is 4.79 Å². The lowest BCUT2D eigenvalue weighted by Crippen LogP contribution is -2.37. The van der Waals surface area contributed by atoms with Crippen LogP contribution in [0.2, 0.25) is 0 Å². The summed E-state index contributed by atoms with van der Waals surface area (Å²) >= 11 is 0.874. The fourth-order valence-electron chi connectivity index (χ4n) is 2.87. The van der Waals surface area contributed by atoms with Crippen molar-refractivity contribution in [3.63, 3.8) is 0 Å². The minimum Gasteiger partial charge on any atom is -0.493 e. The molecule has 1 saturated heterocycles. The molecule has 0 atom stereocenters. The van der Waals surface area contributed by atoms with E-state index in [0.29, 0.717) is 28.6 Å². The summed E-state index contributed by atoms with van der Waals surface area (Å²) in [5.41, 5.74) is 1.24. The molecule has 0 aromatic heterocycles. The second-order valence-electron chi connectivity index (χ2n) is 6.30. The highest BCUT2D eigenvalue weighted by molar-refractivity contribution is 8.18. The number of methoxy groups -OCH3 is 1. The van der Waals surface area contributed by atoms with E-state index >= 15 is 0 Å². The number of carbonyl (C=O) groups is 3. The van der Waals surface area contributed by atoms with E-state index in [2.05, 4.69) is 5.32 Å². The molecule has 1 heterocycles. The number of thioether (sulfide) groups is 1. The maximum atomic E-state index is 12.6. The number of rotatable bonds is 8. The molecule has 3 rings (SSSR count). The van der Waals surface area contributed by atoms with Crippen LogP contribution in [0.25, 0.3) is 6.08 Å². The van der Waals surface area contributed by atoms with Gasteiger partial charge in [-0.15, -0.1) is 0 Å². The Morgan fingerprint density at radius 2 is 1.90 bits per heavy atom. The Morgan fingerprint density at radius 3 is 2.60 bits per heavy atom. The fourth-order valence-corrected chi connectivity index (χ4v) is 3.73. The van der Waals surface area contributed by atoms with Crippen LogP contribution >= 0.6 is 11.8 Å². The van der Waals surface area contributed by atoms with Crippen molar-refractivity contribution in [3.05, 3.63) is 64.6 Å². The Hall–Kier alpha value is -3.26. The number of nitrogens with zero attached hydrogens (tertiary/aromatic N) is 1. The van der Waals surface area contributed by atoms with Gasteiger partial charge in [-0.2, -0.15) is 0 Å². The molecule has 7 nitrogen and oxygen atoms in total. The Labute approximate surface area is 179 Å². The summed E-state index contributed by atoms with van der Waals surface area (Å²) in [5, 5.41) is 2.36. The van der Waals surface area contributed by atoms with E-state index in [4.69, 9.17) is 9.47 Å². The molecular weight excluding hydrogens is 404 g/mol. The van der Waals surface area contributed by atoms with Gasteiger partial charge >= 0.3 is 0 Å². The smallest absolute Gasteiger partial charge is 0.293 e. The van der Waals surface area contributed by atoms with Gasteiger partial charge in [-0.3, -0.25) is 19.3 Å². The molecule has 30 heavy (non-hydrogen) atoms. The number of benzene rings is 2. The van der Waals surface area contributed by atoms with Gasteiger partial charge in [-0.05, 0) is 54.6 Å². The average molecular weight is 426 g/mol. The van der Waals surface area contributed by atoms with Crippen molar-refractivity contribution in [1.82, 2.24) is 10.2 Å². The predicted molar refractivity (Wildman–Crippen MR) is 116 cm³/mol. The SMILES string of the molecule is CCOc1ccc(C=C2SC(=O)N(CCNC(=O)c3ccccc3)C2=O)cc1OC. The molecule has 156 valence electrons. The zero-order valence-corrected chi connectivity index (χ0v) is 17.5. The molecule has 1 aliphatic rings. The van der Waals surface area contributed by atoms with Gasteiger partial charge in [-0.25, -0.2) is 0 Å². The van der Waals surface area contributed by atoms with Crippen molar-refractivity contribution in [2.24, 2.45) is 0 Å². The zero-order chi connectivity index (χ0) is 21.5. The van der Waals surface area contributed by atoms with Crippen LogP contribution in [0, 0.1) is 0 Å². The van der Waals surface area contributed by atoms with E-state index in [1.165, 1.54) is 0 Å². The van der Waals surface area contributed by atoms with Crippen molar-refractivity contribution < 1.29 is 23.9 Å². The third-order valence-electron chi connectivity index (χ3n) is 4.32. The van der Waals surface area contributed by atoms with E-state index < -0.39 is 0 Å². The quantitative estimate of drug-likeness (QED) is 0.650. The second kappa shape index (κ2) is 9.98. The number of carbonyl (C=O) groups excluding carboxylic acids is 3.